The lowest BCUT2D eigenvalue weighted by atomic mass is 9.88. The third kappa shape index (κ3) is 4.91. The van der Waals surface area contributed by atoms with Gasteiger partial charge in [-0.2, -0.15) is 0 Å². The molecule has 1 rings (SSSR count). The Morgan fingerprint density at radius 3 is 2.61 bits per heavy atom. The minimum absolute atomic E-state index is 0.280. The maximum atomic E-state index is 5.25. The van der Waals surface area contributed by atoms with Crippen molar-refractivity contribution in [3.63, 3.8) is 0 Å². The minimum Gasteiger partial charge on any atom is -0.497 e. The Balaban J connectivity index is 2.61. The summed E-state index contributed by atoms with van der Waals surface area (Å²) in [5.74, 6) is 2.00. The molecule has 102 valence electrons. The fourth-order valence-corrected chi connectivity index (χ4v) is 3.08. The predicted molar refractivity (Wildman–Crippen MR) is 80.6 cm³/mol. The van der Waals surface area contributed by atoms with E-state index < -0.39 is 0 Å². The SMILES string of the molecule is CCNC(CSc1cccc(OC)c1)C(C)(C)C. The van der Waals surface area contributed by atoms with E-state index in [-0.39, 0.29) is 5.41 Å². The van der Waals surface area contributed by atoms with Crippen molar-refractivity contribution in [1.82, 2.24) is 5.32 Å². The van der Waals surface area contributed by atoms with Crippen LogP contribution in [0.2, 0.25) is 0 Å². The second-order valence-electron chi connectivity index (χ2n) is 5.47. The van der Waals surface area contributed by atoms with Gasteiger partial charge in [-0.15, -0.1) is 11.8 Å². The van der Waals surface area contributed by atoms with E-state index in [0.717, 1.165) is 18.0 Å². The number of thioether (sulfide) groups is 1. The molecule has 0 aromatic heterocycles. The lowest BCUT2D eigenvalue weighted by Crippen LogP contribution is -2.42. The molecule has 18 heavy (non-hydrogen) atoms. The van der Waals surface area contributed by atoms with Crippen LogP contribution in [0.25, 0.3) is 0 Å². The molecule has 1 unspecified atom stereocenters. The first-order valence-corrected chi connectivity index (χ1v) is 7.46. The molecular weight excluding hydrogens is 242 g/mol. The van der Waals surface area contributed by atoms with Gasteiger partial charge in [0.05, 0.1) is 7.11 Å². The van der Waals surface area contributed by atoms with E-state index in [4.69, 9.17) is 4.74 Å². The summed E-state index contributed by atoms with van der Waals surface area (Å²) in [7, 11) is 1.71. The predicted octanol–water partition coefficient (Wildman–Crippen LogP) is 3.81. The van der Waals surface area contributed by atoms with Gasteiger partial charge in [-0.3, -0.25) is 0 Å². The summed E-state index contributed by atoms with van der Waals surface area (Å²) < 4.78 is 5.25. The van der Waals surface area contributed by atoms with Crippen LogP contribution < -0.4 is 10.1 Å². The quantitative estimate of drug-likeness (QED) is 0.792. The topological polar surface area (TPSA) is 21.3 Å². The Labute approximate surface area is 116 Å². The Bertz CT molecular complexity index is 360. The largest absolute Gasteiger partial charge is 0.497 e. The Morgan fingerprint density at radius 1 is 1.33 bits per heavy atom. The maximum Gasteiger partial charge on any atom is 0.119 e. The van der Waals surface area contributed by atoms with E-state index in [1.807, 2.05) is 23.9 Å². The van der Waals surface area contributed by atoms with Crippen molar-refractivity contribution in [3.8, 4) is 5.75 Å². The summed E-state index contributed by atoms with van der Waals surface area (Å²) >= 11 is 1.88. The molecule has 0 saturated heterocycles. The highest BCUT2D eigenvalue weighted by atomic mass is 32.2. The molecule has 0 spiro atoms. The average molecular weight is 267 g/mol. The van der Waals surface area contributed by atoms with Gasteiger partial charge in [0, 0.05) is 16.7 Å². The highest BCUT2D eigenvalue weighted by Crippen LogP contribution is 2.28. The lowest BCUT2D eigenvalue weighted by Gasteiger charge is -2.31. The molecule has 0 amide bonds. The van der Waals surface area contributed by atoms with E-state index in [1.54, 1.807) is 7.11 Å². The number of methoxy groups -OCH3 is 1. The number of nitrogens with one attached hydrogen (secondary N) is 1. The van der Waals surface area contributed by atoms with Crippen LogP contribution in [-0.2, 0) is 0 Å². The summed E-state index contributed by atoms with van der Waals surface area (Å²) in [4.78, 5) is 1.27. The number of ether oxygens (including phenoxy) is 1. The maximum absolute atomic E-state index is 5.25. The van der Waals surface area contributed by atoms with Crippen LogP contribution in [0.15, 0.2) is 29.2 Å². The van der Waals surface area contributed by atoms with Crippen LogP contribution in [0.1, 0.15) is 27.7 Å². The lowest BCUT2D eigenvalue weighted by molar-refractivity contribution is 0.295. The zero-order valence-electron chi connectivity index (χ0n) is 12.1. The van der Waals surface area contributed by atoms with E-state index in [1.165, 1.54) is 4.90 Å². The standard InChI is InChI=1S/C15H25NOS/c1-6-16-14(15(2,3)4)11-18-13-9-7-8-12(10-13)17-5/h7-10,14,16H,6,11H2,1-5H3. The van der Waals surface area contributed by atoms with Gasteiger partial charge in [-0.05, 0) is 30.2 Å². The zero-order chi connectivity index (χ0) is 13.6. The molecule has 0 fully saturated rings. The van der Waals surface area contributed by atoms with Crippen molar-refractivity contribution in [3.05, 3.63) is 24.3 Å². The molecule has 0 aliphatic rings. The van der Waals surface area contributed by atoms with Gasteiger partial charge < -0.3 is 10.1 Å². The summed E-state index contributed by atoms with van der Waals surface area (Å²) in [6.45, 7) is 10.0. The van der Waals surface area contributed by atoms with E-state index in [0.29, 0.717) is 6.04 Å². The van der Waals surface area contributed by atoms with Gasteiger partial charge >= 0.3 is 0 Å². The number of rotatable bonds is 6. The van der Waals surface area contributed by atoms with Crippen LogP contribution in [0.3, 0.4) is 0 Å². The number of benzene rings is 1. The molecule has 0 saturated carbocycles. The van der Waals surface area contributed by atoms with Crippen molar-refractivity contribution in [2.75, 3.05) is 19.4 Å². The monoisotopic (exact) mass is 267 g/mol. The molecule has 0 heterocycles. The van der Waals surface area contributed by atoms with E-state index >= 15 is 0 Å². The van der Waals surface area contributed by atoms with Crippen molar-refractivity contribution < 1.29 is 4.74 Å². The second kappa shape index (κ2) is 7.05. The summed E-state index contributed by atoms with van der Waals surface area (Å²) in [5.41, 5.74) is 0.280. The Kier molecular flexibility index (Phi) is 6.03. The van der Waals surface area contributed by atoms with Crippen molar-refractivity contribution >= 4 is 11.8 Å². The van der Waals surface area contributed by atoms with Crippen molar-refractivity contribution in [2.24, 2.45) is 5.41 Å². The summed E-state index contributed by atoms with van der Waals surface area (Å²) in [6, 6.07) is 8.77. The Morgan fingerprint density at radius 2 is 2.06 bits per heavy atom. The normalized spacial score (nSPS) is 13.4. The minimum atomic E-state index is 0.280. The highest BCUT2D eigenvalue weighted by molar-refractivity contribution is 7.99. The van der Waals surface area contributed by atoms with Gasteiger partial charge in [0.25, 0.3) is 0 Å². The number of hydrogen-bond donors (Lipinski definition) is 1. The molecule has 0 aliphatic heterocycles. The smallest absolute Gasteiger partial charge is 0.119 e. The summed E-state index contributed by atoms with van der Waals surface area (Å²) in [5, 5.41) is 3.57. The third-order valence-electron chi connectivity index (χ3n) is 2.95. The summed E-state index contributed by atoms with van der Waals surface area (Å²) in [6.07, 6.45) is 0. The van der Waals surface area contributed by atoms with Crippen LogP contribution >= 0.6 is 11.8 Å². The van der Waals surface area contributed by atoms with E-state index in [9.17, 15) is 0 Å². The van der Waals surface area contributed by atoms with Crippen LogP contribution in [0.5, 0.6) is 5.75 Å². The number of hydrogen-bond acceptors (Lipinski definition) is 3. The molecule has 2 nitrogen and oxygen atoms in total. The molecule has 1 aromatic rings. The Hall–Kier alpha value is -0.670. The second-order valence-corrected chi connectivity index (χ2v) is 6.56. The first kappa shape index (κ1) is 15.4. The van der Waals surface area contributed by atoms with Gasteiger partial charge in [-0.1, -0.05) is 33.8 Å². The first-order chi connectivity index (χ1) is 8.47. The van der Waals surface area contributed by atoms with Gasteiger partial charge in [0.15, 0.2) is 0 Å². The zero-order valence-corrected chi connectivity index (χ0v) is 12.9. The fraction of sp³-hybridized carbons (Fsp3) is 0.600. The molecular formula is C15H25NOS. The molecule has 0 radical (unpaired) electrons. The molecule has 0 bridgehead atoms. The molecule has 3 heteroatoms. The van der Waals surface area contributed by atoms with Crippen LogP contribution in [0.4, 0.5) is 0 Å². The first-order valence-electron chi connectivity index (χ1n) is 6.47. The average Bonchev–Trinajstić information content (AvgIpc) is 2.33. The molecule has 1 atom stereocenters. The van der Waals surface area contributed by atoms with Crippen molar-refractivity contribution in [2.45, 2.75) is 38.6 Å². The van der Waals surface area contributed by atoms with Gasteiger partial charge in [0.2, 0.25) is 0 Å². The van der Waals surface area contributed by atoms with Gasteiger partial charge in [-0.25, -0.2) is 0 Å². The van der Waals surface area contributed by atoms with Crippen LogP contribution in [-0.4, -0.2) is 25.4 Å². The fourth-order valence-electron chi connectivity index (χ4n) is 1.73. The van der Waals surface area contributed by atoms with Gasteiger partial charge in [0.1, 0.15) is 5.75 Å². The molecule has 1 N–H and O–H groups in total. The van der Waals surface area contributed by atoms with E-state index in [2.05, 4.69) is 45.1 Å². The van der Waals surface area contributed by atoms with Crippen LogP contribution in [0, 0.1) is 5.41 Å². The third-order valence-corrected chi connectivity index (χ3v) is 4.04. The highest BCUT2D eigenvalue weighted by Gasteiger charge is 2.23. The molecule has 0 aliphatic carbocycles. The van der Waals surface area contributed by atoms with Crippen molar-refractivity contribution in [1.29, 1.82) is 0 Å². The molecule has 1 aromatic carbocycles.